The van der Waals surface area contributed by atoms with Crippen molar-refractivity contribution in [1.29, 1.82) is 0 Å². The van der Waals surface area contributed by atoms with E-state index in [1.807, 2.05) is 0 Å². The normalized spacial score (nSPS) is 15.6. The van der Waals surface area contributed by atoms with Gasteiger partial charge < -0.3 is 19.5 Å². The van der Waals surface area contributed by atoms with Gasteiger partial charge in [0.2, 0.25) is 5.91 Å². The zero-order valence-corrected chi connectivity index (χ0v) is 16.8. The van der Waals surface area contributed by atoms with Gasteiger partial charge in [-0.15, -0.1) is 0 Å². The molecule has 0 aliphatic carbocycles. The van der Waals surface area contributed by atoms with Crippen LogP contribution in [0.4, 0.5) is 5.82 Å². The molecule has 3 rings (SSSR count). The summed E-state index contributed by atoms with van der Waals surface area (Å²) in [7, 11) is 0. The third kappa shape index (κ3) is 5.22. The Kier molecular flexibility index (Phi) is 6.31. The van der Waals surface area contributed by atoms with Gasteiger partial charge in [-0.05, 0) is 45.7 Å². The number of anilines is 1. The van der Waals surface area contributed by atoms with Crippen LogP contribution in [-0.4, -0.2) is 46.8 Å². The summed E-state index contributed by atoms with van der Waals surface area (Å²) in [5.74, 6) is 1.02. The number of hydrogen-bond acceptors (Lipinski definition) is 6. The van der Waals surface area contributed by atoms with Crippen molar-refractivity contribution in [3.05, 3.63) is 41.7 Å². The quantitative estimate of drug-likeness (QED) is 0.750. The number of piperidine rings is 1. The number of aryl methyl sites for hydroxylation is 1. The predicted molar refractivity (Wildman–Crippen MR) is 106 cm³/mol. The van der Waals surface area contributed by atoms with Crippen LogP contribution < -0.4 is 10.1 Å². The van der Waals surface area contributed by atoms with Crippen molar-refractivity contribution in [3.63, 3.8) is 0 Å². The minimum absolute atomic E-state index is 0.0597. The second-order valence-corrected chi connectivity index (χ2v) is 7.26. The van der Waals surface area contributed by atoms with Crippen LogP contribution in [-0.2, 0) is 9.59 Å². The van der Waals surface area contributed by atoms with Crippen LogP contribution in [0.5, 0.6) is 5.75 Å². The van der Waals surface area contributed by atoms with Crippen LogP contribution in [0.2, 0.25) is 0 Å². The van der Waals surface area contributed by atoms with E-state index in [2.05, 4.69) is 10.5 Å². The van der Waals surface area contributed by atoms with E-state index in [1.165, 1.54) is 6.92 Å². The summed E-state index contributed by atoms with van der Waals surface area (Å²) in [5.41, 5.74) is 0.538. The number of Topliss-reactive ketones (excluding diaryl/α,β-unsaturated/α-hetero) is 1. The number of carbonyl (C=O) groups is 3. The first-order valence-corrected chi connectivity index (χ1v) is 9.64. The Hall–Kier alpha value is -3.16. The Morgan fingerprint density at radius 3 is 2.59 bits per heavy atom. The van der Waals surface area contributed by atoms with Crippen LogP contribution in [0, 0.1) is 12.8 Å². The lowest BCUT2D eigenvalue weighted by atomic mass is 9.95. The molecule has 154 valence electrons. The summed E-state index contributed by atoms with van der Waals surface area (Å²) < 4.78 is 10.7. The van der Waals surface area contributed by atoms with E-state index < -0.39 is 6.10 Å². The highest BCUT2D eigenvalue weighted by molar-refractivity contribution is 5.94. The zero-order valence-electron chi connectivity index (χ0n) is 16.8. The highest BCUT2D eigenvalue weighted by Crippen LogP contribution is 2.21. The fraction of sp³-hybridized carbons (Fsp3) is 0.429. The van der Waals surface area contributed by atoms with E-state index in [4.69, 9.17) is 9.26 Å². The fourth-order valence-electron chi connectivity index (χ4n) is 3.32. The maximum absolute atomic E-state index is 12.7. The molecule has 29 heavy (non-hydrogen) atoms. The molecule has 0 spiro atoms. The smallest absolute Gasteiger partial charge is 0.263 e. The molecule has 8 heteroatoms. The third-order valence-corrected chi connectivity index (χ3v) is 4.96. The summed E-state index contributed by atoms with van der Waals surface area (Å²) in [6.45, 7) is 5.89. The van der Waals surface area contributed by atoms with Gasteiger partial charge >= 0.3 is 0 Å². The average Bonchev–Trinajstić information content (AvgIpc) is 3.12. The number of nitrogens with zero attached hydrogens (tertiary/aromatic N) is 2. The first kappa shape index (κ1) is 20.6. The monoisotopic (exact) mass is 399 g/mol. The van der Waals surface area contributed by atoms with Gasteiger partial charge in [-0.25, -0.2) is 0 Å². The summed E-state index contributed by atoms with van der Waals surface area (Å²) in [6, 6.07) is 8.45. The van der Waals surface area contributed by atoms with Gasteiger partial charge in [0.05, 0.1) is 0 Å². The minimum atomic E-state index is -0.680. The number of nitrogens with one attached hydrogen (secondary N) is 1. The lowest BCUT2D eigenvalue weighted by Crippen LogP contribution is -2.46. The molecule has 0 radical (unpaired) electrons. The number of aromatic nitrogens is 1. The van der Waals surface area contributed by atoms with Gasteiger partial charge in [-0.1, -0.05) is 17.3 Å². The second kappa shape index (κ2) is 8.89. The molecule has 8 nitrogen and oxygen atoms in total. The van der Waals surface area contributed by atoms with Crippen molar-refractivity contribution in [2.45, 2.75) is 39.7 Å². The van der Waals surface area contributed by atoms with E-state index in [9.17, 15) is 14.4 Å². The molecule has 1 aliphatic rings. The van der Waals surface area contributed by atoms with E-state index in [1.54, 1.807) is 49.1 Å². The fourth-order valence-corrected chi connectivity index (χ4v) is 3.32. The van der Waals surface area contributed by atoms with Crippen molar-refractivity contribution >= 4 is 23.4 Å². The lowest BCUT2D eigenvalue weighted by molar-refractivity contribution is -0.140. The molecule has 2 heterocycles. The second-order valence-electron chi connectivity index (χ2n) is 7.26. The lowest BCUT2D eigenvalue weighted by Gasteiger charge is -2.32. The topological polar surface area (TPSA) is 102 Å². The largest absolute Gasteiger partial charge is 0.481 e. The van der Waals surface area contributed by atoms with Crippen molar-refractivity contribution < 1.29 is 23.6 Å². The van der Waals surface area contributed by atoms with Gasteiger partial charge in [-0.3, -0.25) is 14.4 Å². The van der Waals surface area contributed by atoms with Crippen molar-refractivity contribution in [1.82, 2.24) is 10.1 Å². The summed E-state index contributed by atoms with van der Waals surface area (Å²) in [6.07, 6.45) is 0.461. The first-order chi connectivity index (χ1) is 13.8. The maximum atomic E-state index is 12.7. The van der Waals surface area contributed by atoms with Crippen LogP contribution >= 0.6 is 0 Å². The summed E-state index contributed by atoms with van der Waals surface area (Å²) in [4.78, 5) is 38.3. The third-order valence-electron chi connectivity index (χ3n) is 4.96. The Balaban J connectivity index is 1.50. The maximum Gasteiger partial charge on any atom is 0.263 e. The molecule has 2 amide bonds. The van der Waals surface area contributed by atoms with E-state index >= 15 is 0 Å². The number of hydrogen-bond donors (Lipinski definition) is 1. The standard InChI is InChI=1S/C21H25N3O5/c1-13-11-19(23-29-13)22-20(26)16-7-9-24(10-8-16)21(27)15(3)28-18-6-4-5-17(12-18)14(2)25/h4-6,11-12,15-16H,7-10H2,1-3H3,(H,22,23,26). The molecular weight excluding hydrogens is 374 g/mol. The van der Waals surface area contributed by atoms with E-state index in [-0.39, 0.29) is 23.5 Å². The Labute approximate surface area is 169 Å². The predicted octanol–water partition coefficient (Wildman–Crippen LogP) is 2.83. The van der Waals surface area contributed by atoms with Crippen LogP contribution in [0.3, 0.4) is 0 Å². The number of likely N-dealkylation sites (tertiary alicyclic amines) is 1. The number of amides is 2. The molecule has 0 saturated carbocycles. The Morgan fingerprint density at radius 2 is 1.97 bits per heavy atom. The summed E-state index contributed by atoms with van der Waals surface area (Å²) >= 11 is 0. The highest BCUT2D eigenvalue weighted by atomic mass is 16.5. The molecule has 1 N–H and O–H groups in total. The van der Waals surface area contributed by atoms with Crippen LogP contribution in [0.1, 0.15) is 42.8 Å². The molecule has 1 aromatic carbocycles. The highest BCUT2D eigenvalue weighted by Gasteiger charge is 2.30. The van der Waals surface area contributed by atoms with Crippen molar-refractivity contribution in [2.24, 2.45) is 5.92 Å². The molecule has 1 atom stereocenters. The minimum Gasteiger partial charge on any atom is -0.481 e. The van der Waals surface area contributed by atoms with Gasteiger partial charge in [0.1, 0.15) is 11.5 Å². The molecule has 0 bridgehead atoms. The number of benzene rings is 1. The molecule has 1 fully saturated rings. The Bertz CT molecular complexity index is 899. The molecule has 1 unspecified atom stereocenters. The van der Waals surface area contributed by atoms with Gasteiger partial charge in [-0.2, -0.15) is 0 Å². The number of ketones is 1. The molecular formula is C21H25N3O5. The van der Waals surface area contributed by atoms with Crippen molar-refractivity contribution in [2.75, 3.05) is 18.4 Å². The van der Waals surface area contributed by atoms with Gasteiger partial charge in [0.25, 0.3) is 5.91 Å². The molecule has 1 saturated heterocycles. The van der Waals surface area contributed by atoms with Crippen LogP contribution in [0.25, 0.3) is 0 Å². The molecule has 2 aromatic rings. The number of carbonyl (C=O) groups excluding carboxylic acids is 3. The Morgan fingerprint density at radius 1 is 1.24 bits per heavy atom. The number of ether oxygens (including phenoxy) is 1. The van der Waals surface area contributed by atoms with Gasteiger partial charge in [0.15, 0.2) is 17.7 Å². The SMILES string of the molecule is CC(=O)c1cccc(OC(C)C(=O)N2CCC(C(=O)Nc3cc(C)on3)CC2)c1. The van der Waals surface area contributed by atoms with Gasteiger partial charge in [0, 0.05) is 30.6 Å². The van der Waals surface area contributed by atoms with Crippen molar-refractivity contribution in [3.8, 4) is 5.75 Å². The van der Waals surface area contributed by atoms with E-state index in [0.717, 1.165) is 0 Å². The zero-order chi connectivity index (χ0) is 21.0. The van der Waals surface area contributed by atoms with Crippen LogP contribution in [0.15, 0.2) is 34.9 Å². The van der Waals surface area contributed by atoms with E-state index in [0.29, 0.717) is 48.8 Å². The molecule has 1 aliphatic heterocycles. The average molecular weight is 399 g/mol. The summed E-state index contributed by atoms with van der Waals surface area (Å²) in [5, 5.41) is 6.51. The molecule has 1 aromatic heterocycles. The number of rotatable bonds is 6. The first-order valence-electron chi connectivity index (χ1n) is 9.64.